The molecule has 4 aliphatic carbocycles. The van der Waals surface area contributed by atoms with Gasteiger partial charge in [0.05, 0.1) is 18.2 Å². The molecule has 2 N–H and O–H groups in total. The molecule has 168 valence electrons. The van der Waals surface area contributed by atoms with E-state index >= 15 is 0 Å². The normalized spacial score (nSPS) is 46.7. The van der Waals surface area contributed by atoms with Crippen LogP contribution < -0.4 is 0 Å². The zero-order valence-electron chi connectivity index (χ0n) is 19.0. The third kappa shape index (κ3) is 3.33. The number of hydrogen-bond acceptors (Lipinski definition) is 5. The topological polar surface area (TPSA) is 84.1 Å². The molecular weight excluding hydrogens is 376 g/mol. The zero-order valence-corrected chi connectivity index (χ0v) is 19.0. The van der Waals surface area contributed by atoms with Crippen molar-refractivity contribution in [2.45, 2.75) is 103 Å². The molecule has 9 atom stereocenters. The van der Waals surface area contributed by atoms with Gasteiger partial charge in [0.2, 0.25) is 0 Å². The van der Waals surface area contributed by atoms with E-state index in [1.807, 2.05) is 6.92 Å². The molecule has 4 fully saturated rings. The second-order valence-corrected chi connectivity index (χ2v) is 11.4. The van der Waals surface area contributed by atoms with Gasteiger partial charge in [-0.3, -0.25) is 0 Å². The minimum Gasteiger partial charge on any atom is -0.391 e. The Balaban J connectivity index is 1.29. The maximum Gasteiger partial charge on any atom is 0.171 e. The quantitative estimate of drug-likeness (QED) is 0.781. The summed E-state index contributed by atoms with van der Waals surface area (Å²) in [6.45, 7) is 6.92. The van der Waals surface area contributed by atoms with E-state index in [0.717, 1.165) is 55.3 Å². The highest BCUT2D eigenvalue weighted by atomic mass is 16.3. The Hall–Kier alpha value is -1.01. The van der Waals surface area contributed by atoms with Crippen molar-refractivity contribution in [3.63, 3.8) is 0 Å². The lowest BCUT2D eigenvalue weighted by Gasteiger charge is -2.57. The molecule has 4 saturated carbocycles. The van der Waals surface area contributed by atoms with Gasteiger partial charge in [-0.15, -0.1) is 10.2 Å². The fourth-order valence-electron chi connectivity index (χ4n) is 8.65. The predicted octanol–water partition coefficient (Wildman–Crippen LogP) is 3.75. The Morgan fingerprint density at radius 3 is 2.60 bits per heavy atom. The predicted molar refractivity (Wildman–Crippen MR) is 114 cm³/mol. The SMILES string of the molecule is CC[C@@]1(O)CC[C@H]2[C@@H](CCC3[C@@H]2CCC2(C)C(C(O)Cn4nnc(C)n4)CC[C@@H]32)C1. The van der Waals surface area contributed by atoms with Gasteiger partial charge >= 0.3 is 0 Å². The molecule has 0 radical (unpaired) electrons. The Bertz CT molecular complexity index is 768. The summed E-state index contributed by atoms with van der Waals surface area (Å²) in [4.78, 5) is 1.57. The molecule has 0 amide bonds. The third-order valence-electron chi connectivity index (χ3n) is 10.2. The van der Waals surface area contributed by atoms with Gasteiger partial charge in [0.1, 0.15) is 0 Å². The zero-order chi connectivity index (χ0) is 21.1. The molecule has 0 spiro atoms. The number of aromatic nitrogens is 4. The van der Waals surface area contributed by atoms with Crippen LogP contribution in [0.15, 0.2) is 0 Å². The number of hydrogen-bond donors (Lipinski definition) is 2. The number of aliphatic hydroxyl groups is 2. The molecule has 1 aromatic rings. The monoisotopic (exact) mass is 416 g/mol. The maximum absolute atomic E-state index is 11.1. The second kappa shape index (κ2) is 7.54. The first-order valence-electron chi connectivity index (χ1n) is 12.5. The molecule has 5 rings (SSSR count). The Morgan fingerprint density at radius 2 is 1.87 bits per heavy atom. The van der Waals surface area contributed by atoms with Crippen molar-refractivity contribution in [3.8, 4) is 0 Å². The molecule has 4 unspecified atom stereocenters. The molecular formula is C24H40N4O2. The molecule has 0 aromatic carbocycles. The van der Waals surface area contributed by atoms with E-state index in [-0.39, 0.29) is 5.41 Å². The second-order valence-electron chi connectivity index (χ2n) is 11.4. The molecule has 0 aliphatic heterocycles. The van der Waals surface area contributed by atoms with E-state index in [2.05, 4.69) is 29.3 Å². The van der Waals surface area contributed by atoms with Gasteiger partial charge in [-0.2, -0.15) is 4.80 Å². The Kier molecular flexibility index (Phi) is 5.25. The number of tetrazole rings is 1. The summed E-state index contributed by atoms with van der Waals surface area (Å²) in [6, 6.07) is 0. The number of aliphatic hydroxyl groups excluding tert-OH is 1. The van der Waals surface area contributed by atoms with Crippen molar-refractivity contribution in [3.05, 3.63) is 5.82 Å². The van der Waals surface area contributed by atoms with E-state index < -0.39 is 11.7 Å². The third-order valence-corrected chi connectivity index (χ3v) is 10.2. The number of fused-ring (bicyclic) bond motifs is 5. The molecule has 6 heteroatoms. The van der Waals surface area contributed by atoms with Crippen LogP contribution in [-0.2, 0) is 6.54 Å². The van der Waals surface area contributed by atoms with Crippen molar-refractivity contribution in [2.24, 2.45) is 40.9 Å². The molecule has 1 aromatic heterocycles. The molecule has 0 saturated heterocycles. The highest BCUT2D eigenvalue weighted by Crippen LogP contribution is 2.65. The lowest BCUT2D eigenvalue weighted by Crippen LogP contribution is -2.51. The van der Waals surface area contributed by atoms with Crippen LogP contribution in [0.1, 0.15) is 83.9 Å². The summed E-state index contributed by atoms with van der Waals surface area (Å²) in [7, 11) is 0. The summed E-state index contributed by atoms with van der Waals surface area (Å²) in [5.41, 5.74) is -0.157. The van der Waals surface area contributed by atoms with Crippen LogP contribution in [-0.4, -0.2) is 42.1 Å². The first-order valence-corrected chi connectivity index (χ1v) is 12.5. The number of nitrogens with zero attached hydrogens (tertiary/aromatic N) is 4. The first kappa shape index (κ1) is 20.9. The lowest BCUT2D eigenvalue weighted by atomic mass is 9.48. The van der Waals surface area contributed by atoms with Gasteiger partial charge in [0.25, 0.3) is 0 Å². The van der Waals surface area contributed by atoms with Gasteiger partial charge < -0.3 is 10.2 Å². The largest absolute Gasteiger partial charge is 0.391 e. The van der Waals surface area contributed by atoms with Crippen molar-refractivity contribution < 1.29 is 10.2 Å². The highest BCUT2D eigenvalue weighted by molar-refractivity contribution is 5.08. The van der Waals surface area contributed by atoms with Crippen LogP contribution in [0, 0.1) is 47.8 Å². The first-order chi connectivity index (χ1) is 14.3. The smallest absolute Gasteiger partial charge is 0.171 e. The standard InChI is InChI=1S/C24H40N4O2/c1-4-24(30)12-10-17-16(13-24)5-6-19-18(17)9-11-23(3)20(19)7-8-21(23)22(29)14-28-26-15(2)25-27-28/h16-22,29-30H,4-14H2,1-3H3/t16-,17-,18+,19?,20-,21?,22?,23?,24+/m0/s1. The minimum atomic E-state index is -0.395. The van der Waals surface area contributed by atoms with Crippen LogP contribution in [0.4, 0.5) is 0 Å². The number of rotatable bonds is 4. The Labute approximate surface area is 180 Å². The van der Waals surface area contributed by atoms with Gasteiger partial charge in [0.15, 0.2) is 5.82 Å². The molecule has 0 bridgehead atoms. The van der Waals surface area contributed by atoms with Gasteiger partial charge in [-0.25, -0.2) is 0 Å². The van der Waals surface area contributed by atoms with Crippen molar-refractivity contribution in [2.75, 3.05) is 0 Å². The van der Waals surface area contributed by atoms with E-state index in [9.17, 15) is 10.2 Å². The van der Waals surface area contributed by atoms with Gasteiger partial charge in [-0.05, 0) is 117 Å². The Morgan fingerprint density at radius 1 is 1.07 bits per heavy atom. The van der Waals surface area contributed by atoms with E-state index in [0.29, 0.717) is 18.3 Å². The van der Waals surface area contributed by atoms with E-state index in [1.165, 1.54) is 38.5 Å². The minimum absolute atomic E-state index is 0.238. The maximum atomic E-state index is 11.1. The average molecular weight is 417 g/mol. The van der Waals surface area contributed by atoms with Crippen LogP contribution in [0.5, 0.6) is 0 Å². The summed E-state index contributed by atoms with van der Waals surface area (Å²) < 4.78 is 0. The van der Waals surface area contributed by atoms with Crippen LogP contribution >= 0.6 is 0 Å². The van der Waals surface area contributed by atoms with Crippen LogP contribution in [0.3, 0.4) is 0 Å². The number of aryl methyl sites for hydroxylation is 1. The molecule has 6 nitrogen and oxygen atoms in total. The summed E-state index contributed by atoms with van der Waals surface area (Å²) in [6.07, 6.45) is 11.4. The van der Waals surface area contributed by atoms with Crippen LogP contribution in [0.2, 0.25) is 0 Å². The summed E-state index contributed by atoms with van der Waals surface area (Å²) in [5.74, 6) is 4.97. The van der Waals surface area contributed by atoms with Gasteiger partial charge in [-0.1, -0.05) is 13.8 Å². The fraction of sp³-hybridized carbons (Fsp3) is 0.958. The summed E-state index contributed by atoms with van der Waals surface area (Å²) >= 11 is 0. The molecule has 1 heterocycles. The summed E-state index contributed by atoms with van der Waals surface area (Å²) in [5, 5.41) is 34.3. The molecule has 4 aliphatic rings. The lowest BCUT2D eigenvalue weighted by molar-refractivity contribution is -0.114. The van der Waals surface area contributed by atoms with Crippen molar-refractivity contribution >= 4 is 0 Å². The van der Waals surface area contributed by atoms with Gasteiger partial charge in [0, 0.05) is 0 Å². The highest BCUT2D eigenvalue weighted by Gasteiger charge is 2.58. The van der Waals surface area contributed by atoms with E-state index in [4.69, 9.17) is 0 Å². The average Bonchev–Trinajstić information content (AvgIpc) is 3.29. The van der Waals surface area contributed by atoms with Crippen molar-refractivity contribution in [1.29, 1.82) is 0 Å². The molecule has 30 heavy (non-hydrogen) atoms. The van der Waals surface area contributed by atoms with Crippen LogP contribution in [0.25, 0.3) is 0 Å². The van der Waals surface area contributed by atoms with Crippen molar-refractivity contribution in [1.82, 2.24) is 20.2 Å². The van der Waals surface area contributed by atoms with E-state index in [1.54, 1.807) is 4.80 Å². The fourth-order valence-corrected chi connectivity index (χ4v) is 8.65.